The largest absolute Gasteiger partial charge is 0.299 e. The lowest BCUT2D eigenvalue weighted by molar-refractivity contribution is -0.120. The maximum atomic E-state index is 11.5. The molecular weight excluding hydrogens is 160 g/mol. The van der Waals surface area contributed by atoms with Crippen LogP contribution in [0.4, 0.5) is 0 Å². The van der Waals surface area contributed by atoms with Gasteiger partial charge in [-0.15, -0.1) is 0 Å². The van der Waals surface area contributed by atoms with Crippen LogP contribution in [0.1, 0.15) is 38.2 Å². The van der Waals surface area contributed by atoms with Gasteiger partial charge >= 0.3 is 0 Å². The average molecular weight is 176 g/mol. The number of carbonyl (C=O) groups excluding carboxylic acids is 1. The Morgan fingerprint density at radius 1 is 1.23 bits per heavy atom. The summed E-state index contributed by atoms with van der Waals surface area (Å²) in [5.74, 6) is 0.444. The summed E-state index contributed by atoms with van der Waals surface area (Å²) in [7, 11) is 0. The van der Waals surface area contributed by atoms with Crippen LogP contribution in [0.5, 0.6) is 0 Å². The van der Waals surface area contributed by atoms with E-state index < -0.39 is 0 Å². The second-order valence-corrected chi connectivity index (χ2v) is 3.19. The monoisotopic (exact) mass is 176 g/mol. The molecule has 0 aromatic heterocycles. The second-order valence-electron chi connectivity index (χ2n) is 3.19. The number of benzene rings is 1. The smallest absolute Gasteiger partial charge is 0.140 e. The Morgan fingerprint density at radius 3 is 2.31 bits per heavy atom. The van der Waals surface area contributed by atoms with Crippen LogP contribution in [0.2, 0.25) is 0 Å². The first-order valence-corrected chi connectivity index (χ1v) is 4.87. The van der Waals surface area contributed by atoms with E-state index in [1.165, 1.54) is 0 Å². The molecular formula is C12H16O. The van der Waals surface area contributed by atoms with Gasteiger partial charge in [0.2, 0.25) is 0 Å². The summed E-state index contributed by atoms with van der Waals surface area (Å²) in [6.45, 7) is 3.99. The third-order valence-corrected chi connectivity index (χ3v) is 2.35. The minimum atomic E-state index is 0.103. The fourth-order valence-electron chi connectivity index (χ4n) is 1.58. The van der Waals surface area contributed by atoms with Crippen molar-refractivity contribution in [2.45, 2.75) is 32.6 Å². The van der Waals surface area contributed by atoms with Crippen molar-refractivity contribution in [1.82, 2.24) is 0 Å². The highest BCUT2D eigenvalue weighted by Gasteiger charge is 2.15. The maximum Gasteiger partial charge on any atom is 0.140 e. The molecule has 0 radical (unpaired) electrons. The predicted octanol–water partition coefficient (Wildman–Crippen LogP) is 3.16. The first kappa shape index (κ1) is 9.97. The predicted molar refractivity (Wildman–Crippen MR) is 54.8 cm³/mol. The van der Waals surface area contributed by atoms with Crippen molar-refractivity contribution in [2.75, 3.05) is 0 Å². The second kappa shape index (κ2) is 4.80. The molecule has 0 aliphatic rings. The minimum Gasteiger partial charge on any atom is -0.299 e. The van der Waals surface area contributed by atoms with Crippen LogP contribution in [0.15, 0.2) is 30.3 Å². The highest BCUT2D eigenvalue weighted by Crippen LogP contribution is 2.21. The molecule has 0 bridgehead atoms. The van der Waals surface area contributed by atoms with Crippen molar-refractivity contribution >= 4 is 5.78 Å². The van der Waals surface area contributed by atoms with Gasteiger partial charge in [0, 0.05) is 12.3 Å². The molecule has 70 valence electrons. The number of rotatable bonds is 4. The topological polar surface area (TPSA) is 17.1 Å². The van der Waals surface area contributed by atoms with Gasteiger partial charge in [0.1, 0.15) is 5.78 Å². The van der Waals surface area contributed by atoms with Crippen molar-refractivity contribution in [1.29, 1.82) is 0 Å². The first-order valence-electron chi connectivity index (χ1n) is 4.87. The lowest BCUT2D eigenvalue weighted by atomic mass is 9.91. The highest BCUT2D eigenvalue weighted by atomic mass is 16.1. The fraction of sp³-hybridized carbons (Fsp3) is 0.417. The molecule has 0 saturated carbocycles. The molecule has 0 saturated heterocycles. The molecule has 0 amide bonds. The zero-order valence-corrected chi connectivity index (χ0v) is 8.29. The van der Waals surface area contributed by atoms with Crippen molar-refractivity contribution in [3.8, 4) is 0 Å². The van der Waals surface area contributed by atoms with Gasteiger partial charge in [-0.05, 0) is 12.0 Å². The molecule has 13 heavy (non-hydrogen) atoms. The molecule has 1 nitrogen and oxygen atoms in total. The number of ketones is 1. The van der Waals surface area contributed by atoms with Crippen LogP contribution in [0.25, 0.3) is 0 Å². The number of Topliss-reactive ketones (excluding diaryl/α,β-unsaturated/α-hetero) is 1. The van der Waals surface area contributed by atoms with Gasteiger partial charge in [-0.2, -0.15) is 0 Å². The molecule has 1 heteroatoms. The minimum absolute atomic E-state index is 0.103. The summed E-state index contributed by atoms with van der Waals surface area (Å²) in [6, 6.07) is 10.0. The van der Waals surface area contributed by atoms with E-state index in [0.717, 1.165) is 12.0 Å². The molecule has 1 atom stereocenters. The third kappa shape index (κ3) is 2.41. The normalized spacial score (nSPS) is 12.5. The summed E-state index contributed by atoms with van der Waals surface area (Å²) in [5, 5.41) is 0. The van der Waals surface area contributed by atoms with E-state index >= 15 is 0 Å². The quantitative estimate of drug-likeness (QED) is 0.688. The Kier molecular flexibility index (Phi) is 3.69. The summed E-state index contributed by atoms with van der Waals surface area (Å²) < 4.78 is 0. The van der Waals surface area contributed by atoms with Crippen LogP contribution < -0.4 is 0 Å². The number of hydrogen-bond donors (Lipinski definition) is 0. The van der Waals surface area contributed by atoms with Gasteiger partial charge in [0.25, 0.3) is 0 Å². The Hall–Kier alpha value is -1.11. The van der Waals surface area contributed by atoms with Gasteiger partial charge in [-0.3, -0.25) is 4.79 Å². The van der Waals surface area contributed by atoms with Gasteiger partial charge in [-0.25, -0.2) is 0 Å². The standard InChI is InChI=1S/C12H16O/c1-3-11(12(13)4-2)10-8-6-5-7-9-10/h5-9,11H,3-4H2,1-2H3/t11-/m0/s1. The van der Waals surface area contributed by atoms with Gasteiger partial charge in [0.15, 0.2) is 0 Å². The van der Waals surface area contributed by atoms with E-state index in [0.29, 0.717) is 12.2 Å². The van der Waals surface area contributed by atoms with E-state index in [1.54, 1.807) is 0 Å². The SMILES string of the molecule is CCC(=O)[C@@H](CC)c1ccccc1. The molecule has 0 N–H and O–H groups in total. The van der Waals surface area contributed by atoms with E-state index in [-0.39, 0.29) is 5.92 Å². The summed E-state index contributed by atoms with van der Waals surface area (Å²) >= 11 is 0. The lowest BCUT2D eigenvalue weighted by Crippen LogP contribution is -2.09. The summed E-state index contributed by atoms with van der Waals surface area (Å²) in [4.78, 5) is 11.5. The average Bonchev–Trinajstić information content (AvgIpc) is 2.20. The van der Waals surface area contributed by atoms with E-state index in [9.17, 15) is 4.79 Å². The van der Waals surface area contributed by atoms with Crippen molar-refractivity contribution in [3.05, 3.63) is 35.9 Å². The fourth-order valence-corrected chi connectivity index (χ4v) is 1.58. The van der Waals surface area contributed by atoms with E-state index in [2.05, 4.69) is 6.92 Å². The first-order chi connectivity index (χ1) is 6.29. The van der Waals surface area contributed by atoms with Crippen molar-refractivity contribution in [2.24, 2.45) is 0 Å². The van der Waals surface area contributed by atoms with Gasteiger partial charge in [0.05, 0.1) is 0 Å². The molecule has 0 fully saturated rings. The summed E-state index contributed by atoms with van der Waals surface area (Å²) in [6.07, 6.45) is 1.53. The van der Waals surface area contributed by atoms with Crippen molar-refractivity contribution in [3.63, 3.8) is 0 Å². The molecule has 0 heterocycles. The van der Waals surface area contributed by atoms with Crippen LogP contribution in [-0.4, -0.2) is 5.78 Å². The Balaban J connectivity index is 2.85. The molecule has 0 aliphatic heterocycles. The van der Waals surface area contributed by atoms with Crippen LogP contribution in [0, 0.1) is 0 Å². The highest BCUT2D eigenvalue weighted by molar-refractivity contribution is 5.85. The Labute approximate surface area is 79.8 Å². The molecule has 0 aliphatic carbocycles. The molecule has 0 spiro atoms. The Morgan fingerprint density at radius 2 is 1.85 bits per heavy atom. The van der Waals surface area contributed by atoms with Crippen LogP contribution in [0.3, 0.4) is 0 Å². The van der Waals surface area contributed by atoms with E-state index in [1.807, 2.05) is 37.3 Å². The van der Waals surface area contributed by atoms with Crippen molar-refractivity contribution < 1.29 is 4.79 Å². The maximum absolute atomic E-state index is 11.5. The zero-order chi connectivity index (χ0) is 9.68. The number of hydrogen-bond acceptors (Lipinski definition) is 1. The van der Waals surface area contributed by atoms with E-state index in [4.69, 9.17) is 0 Å². The lowest BCUT2D eigenvalue weighted by Gasteiger charge is -2.12. The van der Waals surface area contributed by atoms with Crippen LogP contribution in [-0.2, 0) is 4.79 Å². The molecule has 0 unspecified atom stereocenters. The molecule has 1 aromatic carbocycles. The number of carbonyl (C=O) groups is 1. The van der Waals surface area contributed by atoms with Gasteiger partial charge in [-0.1, -0.05) is 44.2 Å². The third-order valence-electron chi connectivity index (χ3n) is 2.35. The van der Waals surface area contributed by atoms with Crippen LogP contribution >= 0.6 is 0 Å². The molecule has 1 aromatic rings. The summed E-state index contributed by atoms with van der Waals surface area (Å²) in [5.41, 5.74) is 1.15. The molecule has 1 rings (SSSR count). The zero-order valence-electron chi connectivity index (χ0n) is 8.29. The Bertz CT molecular complexity index is 264. The van der Waals surface area contributed by atoms with Gasteiger partial charge < -0.3 is 0 Å².